The Balaban J connectivity index is 1.45. The highest BCUT2D eigenvalue weighted by atomic mass is 32.1. The third-order valence-electron chi connectivity index (χ3n) is 4.44. The molecule has 1 aromatic heterocycles. The molecule has 2 heterocycles. The van der Waals surface area contributed by atoms with Gasteiger partial charge in [-0.1, -0.05) is 18.2 Å². The number of rotatable bonds is 5. The number of aryl methyl sites for hydroxylation is 1. The van der Waals surface area contributed by atoms with Crippen molar-refractivity contribution in [3.63, 3.8) is 0 Å². The van der Waals surface area contributed by atoms with Crippen molar-refractivity contribution in [2.45, 2.75) is 12.8 Å². The summed E-state index contributed by atoms with van der Waals surface area (Å²) in [5, 5.41) is 1.91. The molecule has 3 rings (SSSR count). The minimum atomic E-state index is 0.0698. The minimum absolute atomic E-state index is 0.0698. The molecule has 6 heteroatoms. The van der Waals surface area contributed by atoms with Gasteiger partial charge in [-0.2, -0.15) is 0 Å². The number of piperazine rings is 1. The normalized spacial score (nSPS) is 14.4. The quantitative estimate of drug-likeness (QED) is 0.826. The summed E-state index contributed by atoms with van der Waals surface area (Å²) in [5.41, 5.74) is 1.13. The monoisotopic (exact) mass is 358 g/mol. The number of amides is 2. The molecule has 0 unspecified atom stereocenters. The number of nitrogens with zero attached hydrogens (tertiary/aromatic N) is 2. The third-order valence-corrected chi connectivity index (χ3v) is 5.30. The fourth-order valence-corrected chi connectivity index (χ4v) is 3.61. The number of carbonyl (C=O) groups excluding carboxylic acids is 2. The topological polar surface area (TPSA) is 49.9 Å². The molecule has 0 saturated carbocycles. The lowest BCUT2D eigenvalue weighted by Crippen LogP contribution is -2.50. The summed E-state index contributed by atoms with van der Waals surface area (Å²) in [6, 6.07) is 11.5. The molecule has 1 saturated heterocycles. The summed E-state index contributed by atoms with van der Waals surface area (Å²) in [4.78, 5) is 29.2. The molecule has 1 aliphatic heterocycles. The fraction of sp³-hybridized carbons (Fsp3) is 0.368. The van der Waals surface area contributed by atoms with E-state index in [-0.39, 0.29) is 11.8 Å². The Bertz CT molecular complexity index is 705. The summed E-state index contributed by atoms with van der Waals surface area (Å²) in [5.74, 6) is 1.04. The van der Waals surface area contributed by atoms with Gasteiger partial charge in [-0.25, -0.2) is 0 Å². The van der Waals surface area contributed by atoms with Gasteiger partial charge in [-0.3, -0.25) is 9.59 Å². The zero-order valence-electron chi connectivity index (χ0n) is 14.3. The van der Waals surface area contributed by atoms with E-state index in [0.717, 1.165) is 22.6 Å². The van der Waals surface area contributed by atoms with Crippen LogP contribution in [-0.4, -0.2) is 54.9 Å². The number of carbonyl (C=O) groups is 2. The molecular weight excluding hydrogens is 336 g/mol. The van der Waals surface area contributed by atoms with Crippen molar-refractivity contribution in [1.82, 2.24) is 9.80 Å². The van der Waals surface area contributed by atoms with Crippen LogP contribution in [0.5, 0.6) is 5.75 Å². The highest BCUT2D eigenvalue weighted by Gasteiger charge is 2.24. The standard InChI is InChI=1S/C19H22N2O3S/c1-24-16-7-4-15(5-8-16)6-9-18(22)20-10-12-21(13-11-20)19(23)17-3-2-14-25-17/h2-5,7-8,14H,6,9-13H2,1H3. The van der Waals surface area contributed by atoms with Crippen molar-refractivity contribution in [2.24, 2.45) is 0 Å². The van der Waals surface area contributed by atoms with Crippen LogP contribution < -0.4 is 4.74 Å². The van der Waals surface area contributed by atoms with Gasteiger partial charge >= 0.3 is 0 Å². The number of hydrogen-bond donors (Lipinski definition) is 0. The molecule has 5 nitrogen and oxygen atoms in total. The van der Waals surface area contributed by atoms with E-state index < -0.39 is 0 Å². The number of hydrogen-bond acceptors (Lipinski definition) is 4. The summed E-state index contributed by atoms with van der Waals surface area (Å²) < 4.78 is 5.14. The second-order valence-electron chi connectivity index (χ2n) is 6.00. The molecule has 2 aromatic rings. The molecule has 1 aromatic carbocycles. The van der Waals surface area contributed by atoms with E-state index in [4.69, 9.17) is 4.74 Å². The summed E-state index contributed by atoms with van der Waals surface area (Å²) in [6.07, 6.45) is 1.21. The Morgan fingerprint density at radius 3 is 2.32 bits per heavy atom. The molecule has 0 bridgehead atoms. The zero-order valence-corrected chi connectivity index (χ0v) is 15.1. The molecule has 1 aliphatic rings. The highest BCUT2D eigenvalue weighted by molar-refractivity contribution is 7.12. The van der Waals surface area contributed by atoms with Crippen molar-refractivity contribution < 1.29 is 14.3 Å². The molecule has 0 radical (unpaired) electrons. The lowest BCUT2D eigenvalue weighted by atomic mass is 10.1. The van der Waals surface area contributed by atoms with Crippen LogP contribution in [0.3, 0.4) is 0 Å². The van der Waals surface area contributed by atoms with E-state index >= 15 is 0 Å². The van der Waals surface area contributed by atoms with Gasteiger partial charge < -0.3 is 14.5 Å². The van der Waals surface area contributed by atoms with Crippen LogP contribution in [0, 0.1) is 0 Å². The van der Waals surface area contributed by atoms with Crippen molar-refractivity contribution in [3.8, 4) is 5.75 Å². The van der Waals surface area contributed by atoms with E-state index in [0.29, 0.717) is 32.6 Å². The van der Waals surface area contributed by atoms with Gasteiger partial charge in [0, 0.05) is 32.6 Å². The van der Waals surface area contributed by atoms with Crippen LogP contribution in [0.1, 0.15) is 21.7 Å². The zero-order chi connectivity index (χ0) is 17.6. The first-order valence-electron chi connectivity index (χ1n) is 8.41. The molecule has 2 amide bonds. The molecule has 0 atom stereocenters. The summed E-state index contributed by atoms with van der Waals surface area (Å²) in [7, 11) is 1.64. The first kappa shape index (κ1) is 17.5. The molecule has 0 N–H and O–H groups in total. The molecule has 25 heavy (non-hydrogen) atoms. The lowest BCUT2D eigenvalue weighted by molar-refractivity contribution is -0.132. The Kier molecular flexibility index (Phi) is 5.71. The third kappa shape index (κ3) is 4.39. The van der Waals surface area contributed by atoms with E-state index in [9.17, 15) is 9.59 Å². The van der Waals surface area contributed by atoms with Crippen molar-refractivity contribution in [1.29, 1.82) is 0 Å². The van der Waals surface area contributed by atoms with Crippen LogP contribution in [-0.2, 0) is 11.2 Å². The maximum atomic E-state index is 12.4. The number of thiophene rings is 1. The predicted octanol–water partition coefficient (Wildman–Crippen LogP) is 2.67. The second kappa shape index (κ2) is 8.16. The van der Waals surface area contributed by atoms with Gasteiger partial charge in [-0.05, 0) is 35.6 Å². The van der Waals surface area contributed by atoms with Crippen molar-refractivity contribution in [3.05, 3.63) is 52.2 Å². The SMILES string of the molecule is COc1ccc(CCC(=O)N2CCN(C(=O)c3cccs3)CC2)cc1. The minimum Gasteiger partial charge on any atom is -0.497 e. The average Bonchev–Trinajstić information content (AvgIpc) is 3.21. The predicted molar refractivity (Wildman–Crippen MR) is 98.1 cm³/mol. The van der Waals surface area contributed by atoms with Crippen molar-refractivity contribution in [2.75, 3.05) is 33.3 Å². The molecular formula is C19H22N2O3S. The fourth-order valence-electron chi connectivity index (χ4n) is 2.92. The van der Waals surface area contributed by atoms with Crippen LogP contribution in [0.4, 0.5) is 0 Å². The Morgan fingerprint density at radius 1 is 1.04 bits per heavy atom. The van der Waals surface area contributed by atoms with Gasteiger partial charge in [0.1, 0.15) is 5.75 Å². The number of methoxy groups -OCH3 is 1. The van der Waals surface area contributed by atoms with E-state index in [1.165, 1.54) is 11.3 Å². The summed E-state index contributed by atoms with van der Waals surface area (Å²) >= 11 is 1.46. The number of benzene rings is 1. The van der Waals surface area contributed by atoms with Gasteiger partial charge in [-0.15, -0.1) is 11.3 Å². The molecule has 0 spiro atoms. The lowest BCUT2D eigenvalue weighted by Gasteiger charge is -2.34. The number of ether oxygens (including phenoxy) is 1. The Hall–Kier alpha value is -2.34. The van der Waals surface area contributed by atoms with E-state index in [2.05, 4.69) is 0 Å². The largest absolute Gasteiger partial charge is 0.497 e. The van der Waals surface area contributed by atoms with Crippen molar-refractivity contribution >= 4 is 23.2 Å². The van der Waals surface area contributed by atoms with Gasteiger partial charge in [0.2, 0.25) is 5.91 Å². The first-order chi connectivity index (χ1) is 12.2. The Labute approximate surface area is 151 Å². The maximum Gasteiger partial charge on any atom is 0.264 e. The molecule has 0 aliphatic carbocycles. The van der Waals surface area contributed by atoms with Crippen LogP contribution in [0.15, 0.2) is 41.8 Å². The molecule has 1 fully saturated rings. The van der Waals surface area contributed by atoms with Gasteiger partial charge in [0.25, 0.3) is 5.91 Å². The summed E-state index contributed by atoms with van der Waals surface area (Å²) in [6.45, 7) is 2.42. The van der Waals surface area contributed by atoms with Crippen LogP contribution in [0.25, 0.3) is 0 Å². The smallest absolute Gasteiger partial charge is 0.264 e. The highest BCUT2D eigenvalue weighted by Crippen LogP contribution is 2.16. The van der Waals surface area contributed by atoms with Crippen LogP contribution >= 0.6 is 11.3 Å². The average molecular weight is 358 g/mol. The maximum absolute atomic E-state index is 12.4. The first-order valence-corrected chi connectivity index (χ1v) is 9.29. The van der Waals surface area contributed by atoms with E-state index in [1.807, 2.05) is 51.6 Å². The molecule has 132 valence electrons. The van der Waals surface area contributed by atoms with Gasteiger partial charge in [0.05, 0.1) is 12.0 Å². The second-order valence-corrected chi connectivity index (χ2v) is 6.95. The Morgan fingerprint density at radius 2 is 1.72 bits per heavy atom. The van der Waals surface area contributed by atoms with Crippen LogP contribution in [0.2, 0.25) is 0 Å². The van der Waals surface area contributed by atoms with Gasteiger partial charge in [0.15, 0.2) is 0 Å². The van der Waals surface area contributed by atoms with E-state index in [1.54, 1.807) is 7.11 Å².